The van der Waals surface area contributed by atoms with Crippen LogP contribution in [0.4, 0.5) is 4.79 Å². The van der Waals surface area contributed by atoms with Crippen LogP contribution in [0.2, 0.25) is 5.02 Å². The van der Waals surface area contributed by atoms with Crippen LogP contribution in [0.3, 0.4) is 0 Å². The van der Waals surface area contributed by atoms with Crippen LogP contribution in [0.15, 0.2) is 59.5 Å². The number of rotatable bonds is 7. The number of nitrogens with one attached hydrogen (secondary N) is 1. The number of halogens is 1. The number of thioether (sulfide) groups is 1. The first-order chi connectivity index (χ1) is 13.9. The lowest BCUT2D eigenvalue weighted by Crippen LogP contribution is -2.41. The molecule has 1 unspecified atom stereocenters. The average molecular weight is 431 g/mol. The molecule has 0 bridgehead atoms. The molecule has 0 spiro atoms. The molecule has 1 fully saturated rings. The maximum atomic E-state index is 12.5. The molecule has 1 atom stereocenters. The van der Waals surface area contributed by atoms with Gasteiger partial charge in [0, 0.05) is 18.1 Å². The summed E-state index contributed by atoms with van der Waals surface area (Å²) < 4.78 is 5.55. The van der Waals surface area contributed by atoms with Crippen LogP contribution in [0.1, 0.15) is 12.5 Å². The highest BCUT2D eigenvalue weighted by atomic mass is 35.5. The van der Waals surface area contributed by atoms with Crippen molar-refractivity contribution in [1.82, 2.24) is 10.2 Å². The van der Waals surface area contributed by atoms with Crippen molar-refractivity contribution < 1.29 is 19.1 Å². The minimum Gasteiger partial charge on any atom is -0.481 e. The van der Waals surface area contributed by atoms with E-state index in [4.69, 9.17) is 16.3 Å². The third kappa shape index (κ3) is 5.62. The van der Waals surface area contributed by atoms with Gasteiger partial charge in [-0.15, -0.1) is 0 Å². The lowest BCUT2D eigenvalue weighted by atomic mass is 10.2. The van der Waals surface area contributed by atoms with Crippen LogP contribution in [0, 0.1) is 0 Å². The maximum absolute atomic E-state index is 12.5. The number of carbonyl (C=O) groups is 3. The van der Waals surface area contributed by atoms with E-state index in [0.29, 0.717) is 15.7 Å². The van der Waals surface area contributed by atoms with Gasteiger partial charge in [0.15, 0.2) is 6.10 Å². The maximum Gasteiger partial charge on any atom is 0.293 e. The quantitative estimate of drug-likeness (QED) is 0.673. The van der Waals surface area contributed by atoms with Crippen LogP contribution in [0.5, 0.6) is 5.75 Å². The summed E-state index contributed by atoms with van der Waals surface area (Å²) in [7, 11) is 0. The van der Waals surface area contributed by atoms with Gasteiger partial charge >= 0.3 is 0 Å². The van der Waals surface area contributed by atoms with E-state index in [9.17, 15) is 14.4 Å². The molecular weight excluding hydrogens is 412 g/mol. The van der Waals surface area contributed by atoms with Gasteiger partial charge in [-0.2, -0.15) is 0 Å². The molecule has 150 valence electrons. The molecule has 1 aliphatic rings. The Morgan fingerprint density at radius 2 is 1.86 bits per heavy atom. The fourth-order valence-corrected chi connectivity index (χ4v) is 3.59. The smallest absolute Gasteiger partial charge is 0.293 e. The SMILES string of the molecule is CC(Oc1ccccc1)C(=O)NCCN1C(=O)SC(=Cc2ccc(Cl)cc2)C1=O. The van der Waals surface area contributed by atoms with E-state index in [1.54, 1.807) is 49.4 Å². The summed E-state index contributed by atoms with van der Waals surface area (Å²) in [6, 6.07) is 16.0. The van der Waals surface area contributed by atoms with Gasteiger partial charge in [0.1, 0.15) is 5.75 Å². The molecule has 29 heavy (non-hydrogen) atoms. The van der Waals surface area contributed by atoms with Gasteiger partial charge in [-0.05, 0) is 54.6 Å². The standard InChI is InChI=1S/C21H19ClN2O4S/c1-14(28-17-5-3-2-4-6-17)19(25)23-11-12-24-20(26)18(29-21(24)27)13-15-7-9-16(22)10-8-15/h2-10,13-14H,11-12H2,1H3,(H,23,25). The fourth-order valence-electron chi connectivity index (χ4n) is 2.59. The van der Waals surface area contributed by atoms with E-state index in [-0.39, 0.29) is 30.1 Å². The van der Waals surface area contributed by atoms with Crippen molar-refractivity contribution in [1.29, 1.82) is 0 Å². The number of amides is 3. The monoisotopic (exact) mass is 430 g/mol. The van der Waals surface area contributed by atoms with Gasteiger partial charge in [0.05, 0.1) is 4.91 Å². The van der Waals surface area contributed by atoms with E-state index in [1.807, 2.05) is 18.2 Å². The van der Waals surface area contributed by atoms with Crippen LogP contribution in [-0.2, 0) is 9.59 Å². The third-order valence-corrected chi connectivity index (χ3v) is 5.26. The normalized spacial score (nSPS) is 16.2. The first-order valence-corrected chi connectivity index (χ1v) is 10.1. The minimum atomic E-state index is -0.697. The van der Waals surface area contributed by atoms with Crippen molar-refractivity contribution in [2.45, 2.75) is 13.0 Å². The van der Waals surface area contributed by atoms with Crippen molar-refractivity contribution in [2.75, 3.05) is 13.1 Å². The number of para-hydroxylation sites is 1. The van der Waals surface area contributed by atoms with Crippen molar-refractivity contribution in [2.24, 2.45) is 0 Å². The lowest BCUT2D eigenvalue weighted by Gasteiger charge is -2.16. The first-order valence-electron chi connectivity index (χ1n) is 8.94. The van der Waals surface area contributed by atoms with E-state index in [0.717, 1.165) is 22.2 Å². The Hall–Kier alpha value is -2.77. The Morgan fingerprint density at radius 3 is 2.55 bits per heavy atom. The summed E-state index contributed by atoms with van der Waals surface area (Å²) in [4.78, 5) is 38.3. The van der Waals surface area contributed by atoms with Crippen LogP contribution < -0.4 is 10.1 Å². The largest absolute Gasteiger partial charge is 0.481 e. The second kappa shape index (κ2) is 9.62. The molecule has 6 nitrogen and oxygen atoms in total. The molecule has 3 amide bonds. The van der Waals surface area contributed by atoms with Crippen LogP contribution >= 0.6 is 23.4 Å². The van der Waals surface area contributed by atoms with Gasteiger partial charge in [-0.3, -0.25) is 19.3 Å². The number of benzene rings is 2. The molecule has 1 aliphatic heterocycles. The predicted molar refractivity (Wildman–Crippen MR) is 114 cm³/mol. The van der Waals surface area contributed by atoms with Crippen LogP contribution in [0.25, 0.3) is 6.08 Å². The molecule has 3 rings (SSSR count). The second-order valence-electron chi connectivity index (χ2n) is 6.25. The van der Waals surface area contributed by atoms with Gasteiger partial charge in [0.25, 0.3) is 17.1 Å². The molecule has 2 aromatic rings. The fraction of sp³-hybridized carbons (Fsp3) is 0.190. The first kappa shape index (κ1) is 21.0. The predicted octanol–water partition coefficient (Wildman–Crippen LogP) is 3.96. The zero-order valence-corrected chi connectivity index (χ0v) is 17.2. The number of hydrogen-bond acceptors (Lipinski definition) is 5. The van der Waals surface area contributed by atoms with Gasteiger partial charge in [-0.1, -0.05) is 41.9 Å². The summed E-state index contributed by atoms with van der Waals surface area (Å²) in [5, 5.41) is 2.92. The molecular formula is C21H19ClN2O4S. The number of ether oxygens (including phenoxy) is 1. The van der Waals surface area contributed by atoms with Gasteiger partial charge in [-0.25, -0.2) is 0 Å². The average Bonchev–Trinajstić information content (AvgIpc) is 2.97. The number of imide groups is 1. The highest BCUT2D eigenvalue weighted by molar-refractivity contribution is 8.18. The number of nitrogens with zero attached hydrogens (tertiary/aromatic N) is 1. The van der Waals surface area contributed by atoms with E-state index in [1.165, 1.54) is 0 Å². The van der Waals surface area contributed by atoms with E-state index < -0.39 is 6.10 Å². The Balaban J connectivity index is 1.51. The lowest BCUT2D eigenvalue weighted by molar-refractivity contribution is -0.128. The number of hydrogen-bond donors (Lipinski definition) is 1. The van der Waals surface area contributed by atoms with Crippen LogP contribution in [-0.4, -0.2) is 41.1 Å². The molecule has 2 aromatic carbocycles. The topological polar surface area (TPSA) is 75.7 Å². The van der Waals surface area contributed by atoms with Crippen molar-refractivity contribution in [3.8, 4) is 5.75 Å². The number of carbonyl (C=O) groups excluding carboxylic acids is 3. The Morgan fingerprint density at radius 1 is 1.17 bits per heavy atom. The van der Waals surface area contributed by atoms with E-state index in [2.05, 4.69) is 5.32 Å². The highest BCUT2D eigenvalue weighted by Crippen LogP contribution is 2.32. The minimum absolute atomic E-state index is 0.0897. The molecule has 1 saturated heterocycles. The summed E-state index contributed by atoms with van der Waals surface area (Å²) >= 11 is 6.73. The molecule has 1 heterocycles. The molecule has 1 N–H and O–H groups in total. The molecule has 0 radical (unpaired) electrons. The Bertz CT molecular complexity index is 931. The Kier molecular flexibility index (Phi) is 6.95. The van der Waals surface area contributed by atoms with E-state index >= 15 is 0 Å². The zero-order chi connectivity index (χ0) is 20.8. The summed E-state index contributed by atoms with van der Waals surface area (Å²) in [6.07, 6.45) is 0.951. The summed E-state index contributed by atoms with van der Waals surface area (Å²) in [5.74, 6) is -0.108. The van der Waals surface area contributed by atoms with Gasteiger partial charge < -0.3 is 10.1 Å². The molecule has 0 aromatic heterocycles. The Labute approximate surface area is 177 Å². The third-order valence-electron chi connectivity index (χ3n) is 4.10. The van der Waals surface area contributed by atoms with Crippen molar-refractivity contribution >= 4 is 46.5 Å². The van der Waals surface area contributed by atoms with Gasteiger partial charge in [0.2, 0.25) is 0 Å². The molecule has 8 heteroatoms. The second-order valence-corrected chi connectivity index (χ2v) is 7.68. The summed E-state index contributed by atoms with van der Waals surface area (Å²) in [5.41, 5.74) is 0.778. The highest BCUT2D eigenvalue weighted by Gasteiger charge is 2.34. The molecule has 0 aliphatic carbocycles. The van der Waals surface area contributed by atoms with Crippen molar-refractivity contribution in [3.63, 3.8) is 0 Å². The van der Waals surface area contributed by atoms with Crippen molar-refractivity contribution in [3.05, 3.63) is 70.1 Å². The summed E-state index contributed by atoms with van der Waals surface area (Å²) in [6.45, 7) is 1.87. The molecule has 0 saturated carbocycles. The zero-order valence-electron chi connectivity index (χ0n) is 15.6.